The van der Waals surface area contributed by atoms with Crippen LogP contribution in [-0.2, 0) is 9.47 Å². The molecule has 9 atom stereocenters. The molecular formula is C19H36O8. The van der Waals surface area contributed by atoms with Gasteiger partial charge in [-0.1, -0.05) is 20.8 Å². The zero-order chi connectivity index (χ0) is 20.4. The summed E-state index contributed by atoms with van der Waals surface area (Å²) in [4.78, 5) is 0. The van der Waals surface area contributed by atoms with Crippen molar-refractivity contribution in [3.05, 3.63) is 0 Å². The van der Waals surface area contributed by atoms with Gasteiger partial charge in [0.2, 0.25) is 0 Å². The lowest BCUT2D eigenvalue weighted by Crippen LogP contribution is -2.60. The summed E-state index contributed by atoms with van der Waals surface area (Å²) in [5, 5.41) is 58.0. The molecule has 2 fully saturated rings. The van der Waals surface area contributed by atoms with Crippen LogP contribution in [0.5, 0.6) is 0 Å². The van der Waals surface area contributed by atoms with E-state index in [1.807, 2.05) is 0 Å². The summed E-state index contributed by atoms with van der Waals surface area (Å²) < 4.78 is 11.4. The molecule has 1 aliphatic heterocycles. The number of hydrogen-bond acceptors (Lipinski definition) is 8. The third kappa shape index (κ3) is 5.39. The van der Waals surface area contributed by atoms with Gasteiger partial charge in [-0.05, 0) is 42.9 Å². The maximum Gasteiger partial charge on any atom is 0.186 e. The largest absolute Gasteiger partial charge is 0.394 e. The van der Waals surface area contributed by atoms with E-state index in [-0.39, 0.29) is 18.1 Å². The normalized spacial score (nSPS) is 43.4. The quantitative estimate of drug-likeness (QED) is 0.337. The fourth-order valence-corrected chi connectivity index (χ4v) is 4.78. The van der Waals surface area contributed by atoms with Gasteiger partial charge in [0.1, 0.15) is 24.4 Å². The minimum absolute atomic E-state index is 0.0777. The molecule has 6 N–H and O–H groups in total. The average Bonchev–Trinajstić information content (AvgIpc) is 2.60. The summed E-state index contributed by atoms with van der Waals surface area (Å²) in [7, 11) is 0. The number of aliphatic hydroxyl groups is 6. The van der Waals surface area contributed by atoms with Crippen LogP contribution in [0.2, 0.25) is 0 Å². The van der Waals surface area contributed by atoms with Gasteiger partial charge in [-0.15, -0.1) is 0 Å². The first-order valence-electron chi connectivity index (χ1n) is 9.85. The zero-order valence-corrected chi connectivity index (χ0v) is 16.4. The van der Waals surface area contributed by atoms with Crippen molar-refractivity contribution in [1.82, 2.24) is 0 Å². The maximum absolute atomic E-state index is 10.2. The van der Waals surface area contributed by atoms with Crippen LogP contribution >= 0.6 is 0 Å². The summed E-state index contributed by atoms with van der Waals surface area (Å²) in [5.74, 6) is 0.655. The highest BCUT2D eigenvalue weighted by Gasteiger charge is 2.47. The van der Waals surface area contributed by atoms with Gasteiger partial charge in [0.25, 0.3) is 0 Å². The van der Waals surface area contributed by atoms with Crippen LogP contribution < -0.4 is 0 Å². The highest BCUT2D eigenvalue weighted by atomic mass is 16.7. The molecule has 2 aliphatic rings. The van der Waals surface area contributed by atoms with Crippen LogP contribution in [0.3, 0.4) is 0 Å². The van der Waals surface area contributed by atoms with Crippen LogP contribution in [-0.4, -0.2) is 86.8 Å². The summed E-state index contributed by atoms with van der Waals surface area (Å²) in [6.45, 7) is 5.70. The van der Waals surface area contributed by atoms with Crippen molar-refractivity contribution in [2.45, 2.75) is 89.4 Å². The lowest BCUT2D eigenvalue weighted by atomic mass is 9.61. The van der Waals surface area contributed by atoms with E-state index < -0.39 is 43.4 Å². The molecule has 9 unspecified atom stereocenters. The fourth-order valence-electron chi connectivity index (χ4n) is 4.78. The van der Waals surface area contributed by atoms with Crippen molar-refractivity contribution in [1.29, 1.82) is 0 Å². The van der Waals surface area contributed by atoms with Gasteiger partial charge in [0, 0.05) is 0 Å². The second-order valence-electron chi connectivity index (χ2n) is 8.88. The molecule has 27 heavy (non-hydrogen) atoms. The third-order valence-electron chi connectivity index (χ3n) is 6.28. The van der Waals surface area contributed by atoms with Gasteiger partial charge in [-0.2, -0.15) is 0 Å². The molecule has 0 bridgehead atoms. The van der Waals surface area contributed by atoms with E-state index in [2.05, 4.69) is 20.8 Å². The summed E-state index contributed by atoms with van der Waals surface area (Å²) in [6.07, 6.45) is -4.40. The van der Waals surface area contributed by atoms with Crippen molar-refractivity contribution < 1.29 is 40.1 Å². The third-order valence-corrected chi connectivity index (χ3v) is 6.28. The molecule has 1 saturated heterocycles. The Morgan fingerprint density at radius 2 is 1.78 bits per heavy atom. The van der Waals surface area contributed by atoms with Gasteiger partial charge in [-0.3, -0.25) is 0 Å². The highest BCUT2D eigenvalue weighted by molar-refractivity contribution is 4.93. The summed E-state index contributed by atoms with van der Waals surface area (Å²) >= 11 is 0. The molecule has 1 aliphatic carbocycles. The molecule has 1 saturated carbocycles. The average molecular weight is 392 g/mol. The van der Waals surface area contributed by atoms with Crippen LogP contribution in [0.25, 0.3) is 0 Å². The van der Waals surface area contributed by atoms with Crippen molar-refractivity contribution in [2.75, 3.05) is 13.2 Å². The van der Waals surface area contributed by atoms with Gasteiger partial charge in [0.15, 0.2) is 6.29 Å². The highest BCUT2D eigenvalue weighted by Crippen LogP contribution is 2.47. The van der Waals surface area contributed by atoms with E-state index in [1.165, 1.54) is 0 Å². The van der Waals surface area contributed by atoms with E-state index in [9.17, 15) is 25.5 Å². The first kappa shape index (κ1) is 23.0. The first-order chi connectivity index (χ1) is 12.6. The van der Waals surface area contributed by atoms with Gasteiger partial charge < -0.3 is 40.1 Å². The smallest absolute Gasteiger partial charge is 0.186 e. The van der Waals surface area contributed by atoms with E-state index in [0.717, 1.165) is 12.8 Å². The fraction of sp³-hybridized carbons (Fsp3) is 1.00. The molecule has 0 aromatic heterocycles. The molecule has 2 rings (SSSR count). The molecule has 8 heteroatoms. The number of aliphatic hydroxyl groups excluding tert-OH is 6. The summed E-state index contributed by atoms with van der Waals surface area (Å²) in [6, 6.07) is 0. The second-order valence-corrected chi connectivity index (χ2v) is 8.88. The molecule has 0 radical (unpaired) electrons. The Labute approximate surface area is 160 Å². The van der Waals surface area contributed by atoms with E-state index in [0.29, 0.717) is 24.7 Å². The molecular weight excluding hydrogens is 356 g/mol. The van der Waals surface area contributed by atoms with E-state index in [4.69, 9.17) is 14.6 Å². The van der Waals surface area contributed by atoms with Gasteiger partial charge in [0.05, 0.1) is 25.4 Å². The van der Waals surface area contributed by atoms with Crippen LogP contribution in [0.1, 0.15) is 46.5 Å². The van der Waals surface area contributed by atoms with Gasteiger partial charge >= 0.3 is 0 Å². The SMILES string of the molecule is CC1CC(OC2OC(CO)C(O)C(O)C2O)CC(C)(C)C1CCC(O)CO. The van der Waals surface area contributed by atoms with Crippen molar-refractivity contribution >= 4 is 0 Å². The zero-order valence-electron chi connectivity index (χ0n) is 16.4. The van der Waals surface area contributed by atoms with Gasteiger partial charge in [-0.25, -0.2) is 0 Å². The van der Waals surface area contributed by atoms with Crippen LogP contribution in [0, 0.1) is 17.3 Å². The second kappa shape index (κ2) is 9.45. The van der Waals surface area contributed by atoms with Crippen molar-refractivity contribution in [3.63, 3.8) is 0 Å². The lowest BCUT2D eigenvalue weighted by molar-refractivity contribution is -0.316. The van der Waals surface area contributed by atoms with Crippen molar-refractivity contribution in [2.24, 2.45) is 17.3 Å². The Kier molecular flexibility index (Phi) is 8.04. The Morgan fingerprint density at radius 3 is 2.33 bits per heavy atom. The topological polar surface area (TPSA) is 140 Å². The minimum Gasteiger partial charge on any atom is -0.394 e. The molecule has 0 aromatic rings. The predicted octanol–water partition coefficient (Wildman–Crippen LogP) is -0.623. The first-order valence-corrected chi connectivity index (χ1v) is 9.85. The number of hydrogen-bond donors (Lipinski definition) is 6. The Balaban J connectivity index is 1.99. The molecule has 160 valence electrons. The van der Waals surface area contributed by atoms with E-state index in [1.54, 1.807) is 0 Å². The summed E-state index contributed by atoms with van der Waals surface area (Å²) in [5.41, 5.74) is -0.0777. The standard InChI is InChI=1S/C19H36O8/c1-10-6-12(7-19(2,3)13(10)5-4-11(22)8-20)26-18-17(25)16(24)15(23)14(9-21)27-18/h10-18,20-25H,4-9H2,1-3H3. The molecule has 0 aromatic carbocycles. The lowest BCUT2D eigenvalue weighted by Gasteiger charge is -2.48. The van der Waals surface area contributed by atoms with Crippen LogP contribution in [0.15, 0.2) is 0 Å². The van der Waals surface area contributed by atoms with Crippen molar-refractivity contribution in [3.8, 4) is 0 Å². The number of ether oxygens (including phenoxy) is 2. The predicted molar refractivity (Wildman–Crippen MR) is 96.6 cm³/mol. The molecule has 8 nitrogen and oxygen atoms in total. The molecule has 0 amide bonds. The maximum atomic E-state index is 10.2. The monoisotopic (exact) mass is 392 g/mol. The Morgan fingerprint density at radius 1 is 1.11 bits per heavy atom. The van der Waals surface area contributed by atoms with E-state index >= 15 is 0 Å². The molecule has 0 spiro atoms. The minimum atomic E-state index is -1.44. The Hall–Kier alpha value is -0.320. The molecule has 1 heterocycles. The number of rotatable bonds is 7. The Bertz CT molecular complexity index is 457. The van der Waals surface area contributed by atoms with Crippen LogP contribution in [0.4, 0.5) is 0 Å².